The Morgan fingerprint density at radius 1 is 1.40 bits per heavy atom. The lowest BCUT2D eigenvalue weighted by Crippen LogP contribution is -2.30. The lowest BCUT2D eigenvalue weighted by molar-refractivity contribution is 0.283. The van der Waals surface area contributed by atoms with Crippen LogP contribution in [0.4, 0.5) is 0 Å². The maximum Gasteiger partial charge on any atom is 0.115 e. The van der Waals surface area contributed by atoms with E-state index in [9.17, 15) is 0 Å². The van der Waals surface area contributed by atoms with Crippen LogP contribution in [0.3, 0.4) is 0 Å². The Hall–Kier alpha value is -1.28. The summed E-state index contributed by atoms with van der Waals surface area (Å²) in [6, 6.07) is 7.87. The van der Waals surface area contributed by atoms with E-state index >= 15 is 0 Å². The summed E-state index contributed by atoms with van der Waals surface area (Å²) < 4.78 is 0. The molecule has 15 heavy (non-hydrogen) atoms. The van der Waals surface area contributed by atoms with Gasteiger partial charge in [-0.2, -0.15) is 0 Å². The Morgan fingerprint density at radius 2 is 2.00 bits per heavy atom. The molecule has 0 amide bonds. The van der Waals surface area contributed by atoms with Crippen LogP contribution in [-0.2, 0) is 6.42 Å². The first-order valence-corrected chi connectivity index (χ1v) is 5.22. The van der Waals surface area contributed by atoms with Gasteiger partial charge in [0.2, 0.25) is 0 Å². The van der Waals surface area contributed by atoms with Gasteiger partial charge in [-0.15, -0.1) is 6.58 Å². The van der Waals surface area contributed by atoms with Gasteiger partial charge in [0.15, 0.2) is 0 Å². The normalized spacial score (nSPS) is 12.7. The number of phenols is 1. The average molecular weight is 205 g/mol. The van der Waals surface area contributed by atoms with Gasteiger partial charge < -0.3 is 5.11 Å². The van der Waals surface area contributed by atoms with Gasteiger partial charge in [0.25, 0.3) is 0 Å². The van der Waals surface area contributed by atoms with Crippen molar-refractivity contribution in [2.75, 3.05) is 13.6 Å². The van der Waals surface area contributed by atoms with Crippen LogP contribution in [0.5, 0.6) is 5.75 Å². The maximum absolute atomic E-state index is 9.16. The van der Waals surface area contributed by atoms with Gasteiger partial charge >= 0.3 is 0 Å². The molecule has 1 atom stereocenters. The fourth-order valence-electron chi connectivity index (χ4n) is 1.51. The highest BCUT2D eigenvalue weighted by Crippen LogP contribution is 2.12. The molecule has 0 unspecified atom stereocenters. The van der Waals surface area contributed by atoms with E-state index in [2.05, 4.69) is 25.5 Å². The Labute approximate surface area is 91.9 Å². The van der Waals surface area contributed by atoms with Gasteiger partial charge in [-0.3, -0.25) is 4.90 Å². The lowest BCUT2D eigenvalue weighted by atomic mass is 10.1. The zero-order chi connectivity index (χ0) is 11.3. The van der Waals surface area contributed by atoms with Crippen molar-refractivity contribution in [3.8, 4) is 5.75 Å². The highest BCUT2D eigenvalue weighted by atomic mass is 16.3. The first kappa shape index (κ1) is 11.8. The minimum absolute atomic E-state index is 0.325. The van der Waals surface area contributed by atoms with Crippen LogP contribution < -0.4 is 0 Å². The van der Waals surface area contributed by atoms with Crippen LogP contribution >= 0.6 is 0 Å². The predicted octanol–water partition coefficient (Wildman–Crippen LogP) is 2.44. The number of hydrogen-bond donors (Lipinski definition) is 1. The Kier molecular flexibility index (Phi) is 4.37. The first-order valence-electron chi connectivity index (χ1n) is 5.22. The highest BCUT2D eigenvalue weighted by molar-refractivity contribution is 5.26. The first-order chi connectivity index (χ1) is 7.13. The van der Waals surface area contributed by atoms with Gasteiger partial charge in [-0.05, 0) is 38.1 Å². The van der Waals surface area contributed by atoms with Crippen molar-refractivity contribution in [3.05, 3.63) is 42.5 Å². The van der Waals surface area contributed by atoms with Crippen LogP contribution in [0.2, 0.25) is 0 Å². The third-order valence-electron chi connectivity index (χ3n) is 2.64. The molecule has 82 valence electrons. The van der Waals surface area contributed by atoms with Gasteiger partial charge in [0.1, 0.15) is 5.75 Å². The molecule has 0 heterocycles. The van der Waals surface area contributed by atoms with Crippen LogP contribution in [0.25, 0.3) is 0 Å². The smallest absolute Gasteiger partial charge is 0.115 e. The number of rotatable bonds is 5. The van der Waals surface area contributed by atoms with Gasteiger partial charge in [-0.25, -0.2) is 0 Å². The van der Waals surface area contributed by atoms with Crippen molar-refractivity contribution in [1.82, 2.24) is 4.90 Å². The summed E-state index contributed by atoms with van der Waals surface area (Å²) in [5, 5.41) is 9.16. The van der Waals surface area contributed by atoms with E-state index < -0.39 is 0 Å². The third kappa shape index (κ3) is 3.76. The van der Waals surface area contributed by atoms with Crippen LogP contribution in [0.1, 0.15) is 12.5 Å². The second-order valence-corrected chi connectivity index (χ2v) is 3.95. The molecule has 1 aromatic rings. The standard InChI is InChI=1S/C13H19NO/c1-4-9-14(3)11(2)10-12-5-7-13(15)8-6-12/h4-8,11,15H,1,9-10H2,2-3H3/t11-/m1/s1. The molecule has 1 rings (SSSR count). The summed E-state index contributed by atoms with van der Waals surface area (Å²) in [4.78, 5) is 2.25. The minimum atomic E-state index is 0.325. The van der Waals surface area contributed by atoms with Gasteiger partial charge in [-0.1, -0.05) is 18.2 Å². The number of aromatic hydroxyl groups is 1. The number of hydrogen-bond acceptors (Lipinski definition) is 2. The number of nitrogens with zero attached hydrogens (tertiary/aromatic N) is 1. The van der Waals surface area contributed by atoms with Crippen LogP contribution in [-0.4, -0.2) is 29.6 Å². The second kappa shape index (κ2) is 5.56. The van der Waals surface area contributed by atoms with Crippen molar-refractivity contribution in [1.29, 1.82) is 0 Å². The van der Waals surface area contributed by atoms with Crippen molar-refractivity contribution < 1.29 is 5.11 Å². The Bertz CT molecular complexity index is 305. The highest BCUT2D eigenvalue weighted by Gasteiger charge is 2.08. The molecule has 2 nitrogen and oxygen atoms in total. The molecule has 0 spiro atoms. The monoisotopic (exact) mass is 205 g/mol. The molecule has 0 fully saturated rings. The fraction of sp³-hybridized carbons (Fsp3) is 0.385. The summed E-state index contributed by atoms with van der Waals surface area (Å²) >= 11 is 0. The Morgan fingerprint density at radius 3 is 2.53 bits per heavy atom. The maximum atomic E-state index is 9.16. The van der Waals surface area contributed by atoms with Crippen molar-refractivity contribution in [2.24, 2.45) is 0 Å². The van der Waals surface area contributed by atoms with E-state index in [1.165, 1.54) is 5.56 Å². The summed E-state index contributed by atoms with van der Waals surface area (Å²) in [6.45, 7) is 6.82. The minimum Gasteiger partial charge on any atom is -0.508 e. The van der Waals surface area contributed by atoms with E-state index in [1.54, 1.807) is 12.1 Å². The summed E-state index contributed by atoms with van der Waals surface area (Å²) in [6.07, 6.45) is 2.90. The van der Waals surface area contributed by atoms with Crippen LogP contribution in [0.15, 0.2) is 36.9 Å². The van der Waals surface area contributed by atoms with E-state index in [4.69, 9.17) is 5.11 Å². The quantitative estimate of drug-likeness (QED) is 0.746. The number of likely N-dealkylation sites (N-methyl/N-ethyl adjacent to an activating group) is 1. The summed E-state index contributed by atoms with van der Waals surface area (Å²) in [7, 11) is 2.09. The number of benzene rings is 1. The van der Waals surface area contributed by atoms with Crippen molar-refractivity contribution >= 4 is 0 Å². The van der Waals surface area contributed by atoms with E-state index in [-0.39, 0.29) is 0 Å². The molecular formula is C13H19NO. The molecule has 0 aliphatic carbocycles. The van der Waals surface area contributed by atoms with Crippen molar-refractivity contribution in [2.45, 2.75) is 19.4 Å². The molecule has 0 saturated carbocycles. The number of phenolic OH excluding ortho intramolecular Hbond substituents is 1. The molecule has 0 saturated heterocycles. The molecule has 1 aromatic carbocycles. The van der Waals surface area contributed by atoms with Gasteiger partial charge in [0, 0.05) is 12.6 Å². The fourth-order valence-corrected chi connectivity index (χ4v) is 1.51. The predicted molar refractivity (Wildman–Crippen MR) is 64.1 cm³/mol. The summed E-state index contributed by atoms with van der Waals surface area (Å²) in [5.41, 5.74) is 1.25. The van der Waals surface area contributed by atoms with Gasteiger partial charge in [0.05, 0.1) is 0 Å². The van der Waals surface area contributed by atoms with E-state index in [0.29, 0.717) is 11.8 Å². The summed E-state index contributed by atoms with van der Waals surface area (Å²) in [5.74, 6) is 0.325. The molecule has 0 aliphatic heterocycles. The molecule has 2 heteroatoms. The zero-order valence-corrected chi connectivity index (χ0v) is 9.48. The molecule has 0 aliphatic rings. The molecule has 1 N–H and O–H groups in total. The largest absolute Gasteiger partial charge is 0.508 e. The lowest BCUT2D eigenvalue weighted by Gasteiger charge is -2.23. The Balaban J connectivity index is 2.53. The average Bonchev–Trinajstić information content (AvgIpc) is 2.22. The third-order valence-corrected chi connectivity index (χ3v) is 2.64. The van der Waals surface area contributed by atoms with Crippen LogP contribution in [0, 0.1) is 0 Å². The van der Waals surface area contributed by atoms with E-state index in [1.807, 2.05) is 18.2 Å². The molecule has 0 bridgehead atoms. The SMILES string of the molecule is C=CCN(C)[C@H](C)Cc1ccc(O)cc1. The molecule has 0 radical (unpaired) electrons. The second-order valence-electron chi connectivity index (χ2n) is 3.95. The van der Waals surface area contributed by atoms with Crippen molar-refractivity contribution in [3.63, 3.8) is 0 Å². The topological polar surface area (TPSA) is 23.5 Å². The molecular weight excluding hydrogens is 186 g/mol. The zero-order valence-electron chi connectivity index (χ0n) is 9.48. The molecule has 0 aromatic heterocycles. The van der Waals surface area contributed by atoms with E-state index in [0.717, 1.165) is 13.0 Å².